The Morgan fingerprint density at radius 3 is 2.55 bits per heavy atom. The van der Waals surface area contributed by atoms with Gasteiger partial charge in [-0.05, 0) is 56.0 Å². The number of piperidine rings is 1. The Bertz CT molecular complexity index is 980. The Hall–Kier alpha value is -1.83. The van der Waals surface area contributed by atoms with Gasteiger partial charge in [-0.2, -0.15) is 4.31 Å². The molecule has 156 valence electrons. The van der Waals surface area contributed by atoms with Crippen LogP contribution in [0.4, 0.5) is 4.79 Å². The van der Waals surface area contributed by atoms with Gasteiger partial charge in [0.2, 0.25) is 10.0 Å². The van der Waals surface area contributed by atoms with Crippen LogP contribution in [0.2, 0.25) is 0 Å². The van der Waals surface area contributed by atoms with Gasteiger partial charge in [0.1, 0.15) is 6.61 Å². The average Bonchev–Trinajstić information content (AvgIpc) is 2.70. The van der Waals surface area contributed by atoms with Crippen LogP contribution in [0.15, 0.2) is 46.4 Å². The van der Waals surface area contributed by atoms with Gasteiger partial charge in [0.05, 0.1) is 10.9 Å². The number of hydrogen-bond acceptors (Lipinski definition) is 4. The first-order valence-corrected chi connectivity index (χ1v) is 11.7. The molecule has 2 fully saturated rings. The number of ether oxygens (including phenoxy) is 1. The number of allylic oxidation sites excluding steroid dienone is 2. The van der Waals surface area contributed by atoms with Crippen LogP contribution in [0.3, 0.4) is 0 Å². The summed E-state index contributed by atoms with van der Waals surface area (Å²) in [5, 5.41) is 0.651. The van der Waals surface area contributed by atoms with E-state index in [0.717, 1.165) is 11.1 Å². The predicted octanol–water partition coefficient (Wildman–Crippen LogP) is 3.59. The molecule has 3 aliphatic rings. The second-order valence-corrected chi connectivity index (χ2v) is 10.3. The topological polar surface area (TPSA) is 66.9 Å². The third-order valence-electron chi connectivity index (χ3n) is 6.13. The summed E-state index contributed by atoms with van der Waals surface area (Å²) in [7, 11) is -3.54. The summed E-state index contributed by atoms with van der Waals surface area (Å²) in [6.45, 7) is 4.95. The number of nitrogens with zero attached hydrogens (tertiary/aromatic N) is 2. The van der Waals surface area contributed by atoms with Crippen molar-refractivity contribution in [3.63, 3.8) is 0 Å². The maximum Gasteiger partial charge on any atom is 0.410 e. The Labute approximate surface area is 176 Å². The van der Waals surface area contributed by atoms with Crippen LogP contribution < -0.4 is 0 Å². The molecule has 1 aromatic carbocycles. The minimum absolute atomic E-state index is 0.0301. The minimum atomic E-state index is -3.54. The number of benzene rings is 1. The zero-order valence-corrected chi connectivity index (χ0v) is 18.1. The summed E-state index contributed by atoms with van der Waals surface area (Å²) in [4.78, 5) is 14.6. The van der Waals surface area contributed by atoms with E-state index in [-0.39, 0.29) is 24.1 Å². The monoisotopic (exact) mass is 436 g/mol. The molecule has 2 aliphatic heterocycles. The molecular formula is C21H25ClN2O4S. The summed E-state index contributed by atoms with van der Waals surface area (Å²) in [5.41, 5.74) is 2.02. The van der Waals surface area contributed by atoms with Gasteiger partial charge in [-0.15, -0.1) is 0 Å². The molecule has 0 spiro atoms. The van der Waals surface area contributed by atoms with Crippen LogP contribution in [-0.4, -0.2) is 55.5 Å². The van der Waals surface area contributed by atoms with Gasteiger partial charge in [0.15, 0.2) is 0 Å². The van der Waals surface area contributed by atoms with Crippen LogP contribution >= 0.6 is 11.6 Å². The number of halogens is 1. The first kappa shape index (κ1) is 20.4. The molecule has 0 N–H and O–H groups in total. The fourth-order valence-electron chi connectivity index (χ4n) is 4.28. The number of rotatable bonds is 3. The minimum Gasteiger partial charge on any atom is -0.449 e. The van der Waals surface area contributed by atoms with E-state index in [2.05, 4.69) is 0 Å². The first-order chi connectivity index (χ1) is 13.8. The highest BCUT2D eigenvalue weighted by Crippen LogP contribution is 2.33. The number of sulfonamides is 1. The third kappa shape index (κ3) is 3.83. The molecule has 0 radical (unpaired) electrons. The number of hydrogen-bond donors (Lipinski definition) is 0. The summed E-state index contributed by atoms with van der Waals surface area (Å²) >= 11 is 6.10. The number of carbonyl (C=O) groups is 1. The van der Waals surface area contributed by atoms with E-state index >= 15 is 0 Å². The van der Waals surface area contributed by atoms with Gasteiger partial charge in [-0.1, -0.05) is 29.8 Å². The number of amides is 1. The third-order valence-corrected chi connectivity index (χ3v) is 8.28. The molecule has 1 aromatic rings. The normalized spacial score (nSPS) is 26.1. The molecule has 2 atom stereocenters. The summed E-state index contributed by atoms with van der Waals surface area (Å²) < 4.78 is 33.0. The fraction of sp³-hybridized carbons (Fsp3) is 0.476. The molecule has 6 nitrogen and oxygen atoms in total. The SMILES string of the molecule is Cc1ccc(S(=O)(=O)N2CCC(N3C(=O)OCC4C=C(Cl)C=CC43)CC2)cc1C. The average molecular weight is 437 g/mol. The summed E-state index contributed by atoms with van der Waals surface area (Å²) in [6, 6.07) is 5.08. The van der Waals surface area contributed by atoms with Gasteiger partial charge >= 0.3 is 6.09 Å². The molecule has 2 heterocycles. The van der Waals surface area contributed by atoms with Crippen molar-refractivity contribution in [3.8, 4) is 0 Å². The molecule has 8 heteroatoms. The van der Waals surface area contributed by atoms with E-state index in [4.69, 9.17) is 16.3 Å². The Morgan fingerprint density at radius 2 is 1.86 bits per heavy atom. The van der Waals surface area contributed by atoms with Crippen molar-refractivity contribution in [2.45, 2.75) is 43.7 Å². The number of fused-ring (bicyclic) bond motifs is 1. The van der Waals surface area contributed by atoms with Crippen LogP contribution in [0.5, 0.6) is 0 Å². The Morgan fingerprint density at radius 1 is 1.14 bits per heavy atom. The van der Waals surface area contributed by atoms with Crippen LogP contribution in [0.1, 0.15) is 24.0 Å². The zero-order valence-electron chi connectivity index (χ0n) is 16.5. The van der Waals surface area contributed by atoms with Crippen molar-refractivity contribution in [1.82, 2.24) is 9.21 Å². The van der Waals surface area contributed by atoms with E-state index in [0.29, 0.717) is 42.5 Å². The van der Waals surface area contributed by atoms with Crippen molar-refractivity contribution in [2.75, 3.05) is 19.7 Å². The van der Waals surface area contributed by atoms with Crippen molar-refractivity contribution >= 4 is 27.7 Å². The smallest absolute Gasteiger partial charge is 0.410 e. The standard InChI is InChI=1S/C21H25ClN2O4S/c1-14-3-5-19(11-15(14)2)29(26,27)23-9-7-18(8-10-23)24-20-6-4-17(22)12-16(20)13-28-21(24)25/h3-6,11-12,16,18,20H,7-10,13H2,1-2H3. The second kappa shape index (κ2) is 7.78. The van der Waals surface area contributed by atoms with Crippen LogP contribution in [-0.2, 0) is 14.8 Å². The maximum absolute atomic E-state index is 13.0. The lowest BCUT2D eigenvalue weighted by molar-refractivity contribution is 0.00609. The van der Waals surface area contributed by atoms with Gasteiger partial charge in [-0.25, -0.2) is 13.2 Å². The first-order valence-electron chi connectivity index (χ1n) is 9.85. The predicted molar refractivity (Wildman–Crippen MR) is 111 cm³/mol. The highest BCUT2D eigenvalue weighted by atomic mass is 35.5. The molecule has 4 rings (SSSR count). The van der Waals surface area contributed by atoms with E-state index < -0.39 is 10.0 Å². The van der Waals surface area contributed by atoms with Crippen LogP contribution in [0, 0.1) is 19.8 Å². The second-order valence-electron chi connectivity index (χ2n) is 7.93. The zero-order chi connectivity index (χ0) is 20.8. The van der Waals surface area contributed by atoms with Crippen molar-refractivity contribution in [2.24, 2.45) is 5.92 Å². The summed E-state index contributed by atoms with van der Waals surface area (Å²) in [6.07, 6.45) is 6.50. The molecule has 29 heavy (non-hydrogen) atoms. The van der Waals surface area contributed by atoms with Crippen molar-refractivity contribution < 1.29 is 17.9 Å². The highest BCUT2D eigenvalue weighted by Gasteiger charge is 2.42. The molecule has 0 saturated carbocycles. The summed E-state index contributed by atoms with van der Waals surface area (Å²) in [5.74, 6) is 0.0301. The van der Waals surface area contributed by atoms with E-state index in [1.807, 2.05) is 38.1 Å². The van der Waals surface area contributed by atoms with Gasteiger partial charge in [0.25, 0.3) is 0 Å². The molecule has 0 aromatic heterocycles. The quantitative estimate of drug-likeness (QED) is 0.726. The Balaban J connectivity index is 1.48. The fourth-order valence-corrected chi connectivity index (χ4v) is 6.07. The molecule has 2 unspecified atom stereocenters. The maximum atomic E-state index is 13.0. The lowest BCUT2D eigenvalue weighted by atomic mass is 9.90. The number of cyclic esters (lactones) is 1. The largest absolute Gasteiger partial charge is 0.449 e. The highest BCUT2D eigenvalue weighted by molar-refractivity contribution is 7.89. The van der Waals surface area contributed by atoms with Crippen molar-refractivity contribution in [3.05, 3.63) is 52.6 Å². The van der Waals surface area contributed by atoms with Crippen LogP contribution in [0.25, 0.3) is 0 Å². The van der Waals surface area contributed by atoms with Gasteiger partial charge in [0, 0.05) is 30.1 Å². The molecule has 0 bridgehead atoms. The lowest BCUT2D eigenvalue weighted by Gasteiger charge is -2.45. The van der Waals surface area contributed by atoms with E-state index in [1.165, 1.54) is 4.31 Å². The van der Waals surface area contributed by atoms with E-state index in [9.17, 15) is 13.2 Å². The van der Waals surface area contributed by atoms with Crippen molar-refractivity contribution in [1.29, 1.82) is 0 Å². The Kier molecular flexibility index (Phi) is 5.48. The molecular weight excluding hydrogens is 412 g/mol. The molecule has 1 amide bonds. The lowest BCUT2D eigenvalue weighted by Crippen LogP contribution is -2.57. The van der Waals surface area contributed by atoms with Gasteiger partial charge in [-0.3, -0.25) is 4.90 Å². The number of carbonyl (C=O) groups excluding carboxylic acids is 1. The molecule has 2 saturated heterocycles. The van der Waals surface area contributed by atoms with Gasteiger partial charge < -0.3 is 4.74 Å². The number of aryl methyl sites for hydroxylation is 2. The van der Waals surface area contributed by atoms with E-state index in [1.54, 1.807) is 17.0 Å². The molecule has 1 aliphatic carbocycles.